The first-order valence-corrected chi connectivity index (χ1v) is 7.62. The van der Waals surface area contributed by atoms with E-state index in [1.165, 1.54) is 0 Å². The standard InChI is InChI=1S/C17H25NO3/c1-4-5-6-7-8-16(19)18-15-11-13(17(20)21)9-10-14(15)12(2)3/h9-12H,4-8H2,1-3H3,(H,18,19)(H,20,21). The zero-order valence-corrected chi connectivity index (χ0v) is 13.1. The lowest BCUT2D eigenvalue weighted by molar-refractivity contribution is -0.116. The summed E-state index contributed by atoms with van der Waals surface area (Å²) in [5, 5.41) is 11.9. The van der Waals surface area contributed by atoms with Gasteiger partial charge in [-0.3, -0.25) is 4.79 Å². The van der Waals surface area contributed by atoms with E-state index < -0.39 is 5.97 Å². The first-order chi connectivity index (χ1) is 9.95. The monoisotopic (exact) mass is 291 g/mol. The largest absolute Gasteiger partial charge is 0.478 e. The lowest BCUT2D eigenvalue weighted by atomic mass is 9.99. The van der Waals surface area contributed by atoms with Crippen LogP contribution in [0.15, 0.2) is 18.2 Å². The number of unbranched alkanes of at least 4 members (excludes halogenated alkanes) is 3. The van der Waals surface area contributed by atoms with Crippen molar-refractivity contribution in [3.63, 3.8) is 0 Å². The molecule has 0 aromatic heterocycles. The molecule has 0 radical (unpaired) electrons. The van der Waals surface area contributed by atoms with Crippen molar-refractivity contribution in [2.75, 3.05) is 5.32 Å². The Morgan fingerprint density at radius 2 is 1.90 bits per heavy atom. The summed E-state index contributed by atoms with van der Waals surface area (Å²) in [5.74, 6) is -0.803. The summed E-state index contributed by atoms with van der Waals surface area (Å²) in [4.78, 5) is 23.0. The molecule has 0 aliphatic heterocycles. The predicted molar refractivity (Wildman–Crippen MR) is 84.9 cm³/mol. The van der Waals surface area contributed by atoms with Crippen LogP contribution in [0, 0.1) is 0 Å². The van der Waals surface area contributed by atoms with Crippen molar-refractivity contribution >= 4 is 17.6 Å². The van der Waals surface area contributed by atoms with Crippen LogP contribution in [0.4, 0.5) is 5.69 Å². The molecule has 2 N–H and O–H groups in total. The van der Waals surface area contributed by atoms with Crippen LogP contribution < -0.4 is 5.32 Å². The van der Waals surface area contributed by atoms with Crippen LogP contribution in [-0.2, 0) is 4.79 Å². The van der Waals surface area contributed by atoms with Gasteiger partial charge in [0.25, 0.3) is 0 Å². The van der Waals surface area contributed by atoms with Gasteiger partial charge in [0.15, 0.2) is 0 Å². The SMILES string of the molecule is CCCCCCC(=O)Nc1cc(C(=O)O)ccc1C(C)C. The number of rotatable bonds is 8. The van der Waals surface area contributed by atoms with E-state index in [0.29, 0.717) is 12.1 Å². The molecule has 0 heterocycles. The fraction of sp³-hybridized carbons (Fsp3) is 0.529. The molecule has 0 bridgehead atoms. The number of carboxylic acids is 1. The van der Waals surface area contributed by atoms with E-state index in [-0.39, 0.29) is 17.4 Å². The average Bonchev–Trinajstić information content (AvgIpc) is 2.43. The van der Waals surface area contributed by atoms with Crippen LogP contribution in [0.3, 0.4) is 0 Å². The Hall–Kier alpha value is -1.84. The predicted octanol–water partition coefficient (Wildman–Crippen LogP) is 4.42. The highest BCUT2D eigenvalue weighted by molar-refractivity contribution is 5.94. The van der Waals surface area contributed by atoms with Crippen molar-refractivity contribution in [3.05, 3.63) is 29.3 Å². The Balaban J connectivity index is 2.77. The highest BCUT2D eigenvalue weighted by atomic mass is 16.4. The molecule has 0 atom stereocenters. The van der Waals surface area contributed by atoms with Gasteiger partial charge in [-0.15, -0.1) is 0 Å². The van der Waals surface area contributed by atoms with Crippen molar-refractivity contribution in [1.82, 2.24) is 0 Å². The third-order valence-corrected chi connectivity index (χ3v) is 3.45. The number of benzene rings is 1. The second kappa shape index (κ2) is 8.45. The van der Waals surface area contributed by atoms with Gasteiger partial charge < -0.3 is 10.4 Å². The molecule has 4 heteroatoms. The number of amides is 1. The minimum Gasteiger partial charge on any atom is -0.478 e. The average molecular weight is 291 g/mol. The summed E-state index contributed by atoms with van der Waals surface area (Å²) in [6.45, 7) is 6.17. The maximum atomic E-state index is 12.0. The molecule has 4 nitrogen and oxygen atoms in total. The quantitative estimate of drug-likeness (QED) is 0.697. The molecule has 0 saturated heterocycles. The van der Waals surface area contributed by atoms with Crippen molar-refractivity contribution in [2.45, 2.75) is 58.8 Å². The summed E-state index contributed by atoms with van der Waals surface area (Å²) in [6, 6.07) is 4.90. The molecule has 1 rings (SSSR count). The maximum Gasteiger partial charge on any atom is 0.335 e. The highest BCUT2D eigenvalue weighted by Crippen LogP contribution is 2.26. The van der Waals surface area contributed by atoms with Crippen molar-refractivity contribution in [3.8, 4) is 0 Å². The zero-order valence-electron chi connectivity index (χ0n) is 13.1. The van der Waals surface area contributed by atoms with Gasteiger partial charge in [-0.1, -0.05) is 46.1 Å². The Labute approximate surface area is 126 Å². The van der Waals surface area contributed by atoms with Gasteiger partial charge in [0.05, 0.1) is 5.56 Å². The van der Waals surface area contributed by atoms with E-state index in [2.05, 4.69) is 12.2 Å². The van der Waals surface area contributed by atoms with Crippen molar-refractivity contribution in [2.24, 2.45) is 0 Å². The van der Waals surface area contributed by atoms with E-state index in [0.717, 1.165) is 31.2 Å². The number of anilines is 1. The second-order valence-corrected chi connectivity index (χ2v) is 5.62. The number of nitrogens with one attached hydrogen (secondary N) is 1. The second-order valence-electron chi connectivity index (χ2n) is 5.62. The molecule has 0 unspecified atom stereocenters. The van der Waals surface area contributed by atoms with Crippen LogP contribution >= 0.6 is 0 Å². The first-order valence-electron chi connectivity index (χ1n) is 7.62. The number of carbonyl (C=O) groups excluding carboxylic acids is 1. The van der Waals surface area contributed by atoms with Crippen LogP contribution in [0.2, 0.25) is 0 Å². The topological polar surface area (TPSA) is 66.4 Å². The summed E-state index contributed by atoms with van der Waals surface area (Å²) < 4.78 is 0. The first kappa shape index (κ1) is 17.2. The smallest absolute Gasteiger partial charge is 0.335 e. The molecule has 21 heavy (non-hydrogen) atoms. The van der Waals surface area contributed by atoms with Crippen LogP contribution in [-0.4, -0.2) is 17.0 Å². The molecular formula is C17H25NO3. The zero-order chi connectivity index (χ0) is 15.8. The number of hydrogen-bond donors (Lipinski definition) is 2. The minimum atomic E-state index is -0.983. The molecule has 0 spiro atoms. The van der Waals surface area contributed by atoms with Gasteiger partial charge in [0.1, 0.15) is 0 Å². The van der Waals surface area contributed by atoms with Gasteiger partial charge >= 0.3 is 5.97 Å². The number of carboxylic acid groups (broad SMARTS) is 1. The normalized spacial score (nSPS) is 10.7. The molecule has 0 fully saturated rings. The molecule has 0 aliphatic rings. The Morgan fingerprint density at radius 1 is 1.19 bits per heavy atom. The van der Waals surface area contributed by atoms with Crippen molar-refractivity contribution < 1.29 is 14.7 Å². The number of hydrogen-bond acceptors (Lipinski definition) is 2. The molecule has 0 saturated carbocycles. The van der Waals surface area contributed by atoms with Crippen LogP contribution in [0.1, 0.15) is 74.7 Å². The lowest BCUT2D eigenvalue weighted by Crippen LogP contribution is -2.14. The van der Waals surface area contributed by atoms with Crippen LogP contribution in [0.5, 0.6) is 0 Å². The maximum absolute atomic E-state index is 12.0. The Morgan fingerprint density at radius 3 is 2.48 bits per heavy atom. The summed E-state index contributed by atoms with van der Waals surface area (Å²) in [5.41, 5.74) is 1.77. The summed E-state index contributed by atoms with van der Waals surface area (Å²) in [6.07, 6.45) is 4.68. The summed E-state index contributed by atoms with van der Waals surface area (Å²) >= 11 is 0. The third kappa shape index (κ3) is 5.58. The fourth-order valence-corrected chi connectivity index (χ4v) is 2.23. The van der Waals surface area contributed by atoms with E-state index in [4.69, 9.17) is 5.11 Å². The van der Waals surface area contributed by atoms with E-state index >= 15 is 0 Å². The minimum absolute atomic E-state index is 0.0458. The van der Waals surface area contributed by atoms with Crippen molar-refractivity contribution in [1.29, 1.82) is 0 Å². The molecule has 1 aromatic carbocycles. The number of carbonyl (C=O) groups is 2. The molecule has 1 aromatic rings. The van der Waals surface area contributed by atoms with E-state index in [1.807, 2.05) is 13.8 Å². The Kier molecular flexibility index (Phi) is 6.92. The molecule has 0 aliphatic carbocycles. The van der Waals surface area contributed by atoms with E-state index in [9.17, 15) is 9.59 Å². The van der Waals surface area contributed by atoms with Gasteiger partial charge in [0.2, 0.25) is 5.91 Å². The fourth-order valence-electron chi connectivity index (χ4n) is 2.23. The van der Waals surface area contributed by atoms with Crippen LogP contribution in [0.25, 0.3) is 0 Å². The van der Waals surface area contributed by atoms with Gasteiger partial charge in [-0.2, -0.15) is 0 Å². The lowest BCUT2D eigenvalue weighted by Gasteiger charge is -2.14. The Bertz CT molecular complexity index is 495. The van der Waals surface area contributed by atoms with E-state index in [1.54, 1.807) is 18.2 Å². The van der Waals surface area contributed by atoms with Gasteiger partial charge in [0, 0.05) is 12.1 Å². The summed E-state index contributed by atoms with van der Waals surface area (Å²) in [7, 11) is 0. The molecule has 116 valence electrons. The van der Waals surface area contributed by atoms with Gasteiger partial charge in [-0.05, 0) is 30.0 Å². The highest BCUT2D eigenvalue weighted by Gasteiger charge is 2.13. The molecule has 1 amide bonds. The van der Waals surface area contributed by atoms with Gasteiger partial charge in [-0.25, -0.2) is 4.79 Å². The third-order valence-electron chi connectivity index (χ3n) is 3.45. The number of aromatic carboxylic acids is 1. The molecular weight excluding hydrogens is 266 g/mol.